The minimum absolute atomic E-state index is 0.187. The van der Waals surface area contributed by atoms with Crippen LogP contribution in [0.25, 0.3) is 0 Å². The molecular weight excluding hydrogens is 264 g/mol. The van der Waals surface area contributed by atoms with Crippen molar-refractivity contribution in [2.45, 2.75) is 19.9 Å². The maximum atomic E-state index is 12.2. The van der Waals surface area contributed by atoms with Gasteiger partial charge in [0, 0.05) is 19.2 Å². The van der Waals surface area contributed by atoms with Gasteiger partial charge in [-0.05, 0) is 24.6 Å². The van der Waals surface area contributed by atoms with Crippen molar-refractivity contribution in [2.24, 2.45) is 5.92 Å². The van der Waals surface area contributed by atoms with E-state index in [9.17, 15) is 4.79 Å². The highest BCUT2D eigenvalue weighted by atomic mass is 16.5. The minimum Gasteiger partial charge on any atom is -0.488 e. The normalized spacial score (nSPS) is 11.6. The van der Waals surface area contributed by atoms with Crippen LogP contribution in [0.2, 0.25) is 0 Å². The van der Waals surface area contributed by atoms with Gasteiger partial charge in [-0.25, -0.2) is 0 Å². The number of nitrogens with zero attached hydrogens (tertiary/aromatic N) is 2. The number of benzene rings is 1. The average molecular weight is 282 g/mol. The maximum Gasteiger partial charge on any atom is 0.292 e. The molecule has 0 aliphatic carbocycles. The molecule has 1 aromatic heterocycles. The van der Waals surface area contributed by atoms with Gasteiger partial charge in [0.15, 0.2) is 5.75 Å². The molecule has 1 atom stereocenters. The summed E-state index contributed by atoms with van der Waals surface area (Å²) in [5.74, 6) is 0.126. The zero-order chi connectivity index (χ0) is 15.1. The SMILES string of the molecule is CC(C#N)Cn1cccc(OCCc2ccccc2)c1=O. The van der Waals surface area contributed by atoms with Gasteiger partial charge >= 0.3 is 0 Å². The molecular formula is C17H18N2O2. The van der Waals surface area contributed by atoms with Gasteiger partial charge in [0.2, 0.25) is 0 Å². The molecule has 21 heavy (non-hydrogen) atoms. The number of aromatic nitrogens is 1. The molecule has 0 aliphatic heterocycles. The van der Waals surface area contributed by atoms with E-state index in [2.05, 4.69) is 6.07 Å². The van der Waals surface area contributed by atoms with Crippen LogP contribution < -0.4 is 10.3 Å². The number of pyridine rings is 1. The molecule has 4 nitrogen and oxygen atoms in total. The highest BCUT2D eigenvalue weighted by Gasteiger charge is 2.07. The Labute approximate surface area is 124 Å². The molecule has 0 bridgehead atoms. The van der Waals surface area contributed by atoms with Crippen molar-refractivity contribution >= 4 is 0 Å². The maximum absolute atomic E-state index is 12.2. The van der Waals surface area contributed by atoms with Gasteiger partial charge in [-0.15, -0.1) is 0 Å². The second-order valence-corrected chi connectivity index (χ2v) is 4.94. The van der Waals surface area contributed by atoms with Gasteiger partial charge in [0.05, 0.1) is 18.6 Å². The number of rotatable bonds is 6. The molecule has 0 aliphatic rings. The summed E-state index contributed by atoms with van der Waals surface area (Å²) in [6.07, 6.45) is 2.43. The first-order valence-corrected chi connectivity index (χ1v) is 6.96. The molecule has 0 fully saturated rings. The molecule has 0 N–H and O–H groups in total. The molecule has 108 valence electrons. The van der Waals surface area contributed by atoms with Crippen LogP contribution in [-0.4, -0.2) is 11.2 Å². The van der Waals surface area contributed by atoms with E-state index in [1.807, 2.05) is 30.3 Å². The monoisotopic (exact) mass is 282 g/mol. The molecule has 0 radical (unpaired) electrons. The van der Waals surface area contributed by atoms with E-state index in [0.717, 1.165) is 6.42 Å². The Morgan fingerprint density at radius 1 is 1.24 bits per heavy atom. The first kappa shape index (κ1) is 14.9. The number of nitriles is 1. The third kappa shape index (κ3) is 4.22. The van der Waals surface area contributed by atoms with Crippen LogP contribution >= 0.6 is 0 Å². The van der Waals surface area contributed by atoms with Crippen LogP contribution in [0, 0.1) is 17.2 Å². The fourth-order valence-electron chi connectivity index (χ4n) is 2.03. The predicted molar refractivity (Wildman–Crippen MR) is 81.1 cm³/mol. The fourth-order valence-corrected chi connectivity index (χ4v) is 2.03. The molecule has 0 spiro atoms. The van der Waals surface area contributed by atoms with Crippen LogP contribution in [-0.2, 0) is 13.0 Å². The van der Waals surface area contributed by atoms with Gasteiger partial charge in [-0.2, -0.15) is 5.26 Å². The average Bonchev–Trinajstić information content (AvgIpc) is 2.52. The standard InChI is InChI=1S/C17H18N2O2/c1-14(12-18)13-19-10-5-8-16(17(19)20)21-11-9-15-6-3-2-4-7-15/h2-8,10,14H,9,11,13H2,1H3. The van der Waals surface area contributed by atoms with Crippen LogP contribution in [0.4, 0.5) is 0 Å². The van der Waals surface area contributed by atoms with E-state index >= 15 is 0 Å². The summed E-state index contributed by atoms with van der Waals surface area (Å²) in [4.78, 5) is 12.2. The zero-order valence-electron chi connectivity index (χ0n) is 12.0. The van der Waals surface area contributed by atoms with Crippen molar-refractivity contribution in [3.8, 4) is 11.8 Å². The van der Waals surface area contributed by atoms with Crippen molar-refractivity contribution in [1.29, 1.82) is 5.26 Å². The topological polar surface area (TPSA) is 55.0 Å². The Morgan fingerprint density at radius 2 is 2.00 bits per heavy atom. The lowest BCUT2D eigenvalue weighted by Gasteiger charge is -2.10. The molecule has 4 heteroatoms. The van der Waals surface area contributed by atoms with Crippen molar-refractivity contribution in [3.05, 3.63) is 64.6 Å². The van der Waals surface area contributed by atoms with E-state index in [-0.39, 0.29) is 11.5 Å². The first-order valence-electron chi connectivity index (χ1n) is 6.96. The predicted octanol–water partition coefficient (Wildman–Crippen LogP) is 2.63. The third-order valence-electron chi connectivity index (χ3n) is 3.17. The summed E-state index contributed by atoms with van der Waals surface area (Å²) in [6, 6.07) is 15.5. The second-order valence-electron chi connectivity index (χ2n) is 4.94. The van der Waals surface area contributed by atoms with Gasteiger partial charge in [-0.3, -0.25) is 4.79 Å². The Morgan fingerprint density at radius 3 is 2.71 bits per heavy atom. The lowest BCUT2D eigenvalue weighted by atomic mass is 10.2. The molecule has 2 aromatic rings. The molecule has 1 unspecified atom stereocenters. The van der Waals surface area contributed by atoms with Gasteiger partial charge in [-0.1, -0.05) is 30.3 Å². The summed E-state index contributed by atoms with van der Waals surface area (Å²) in [5.41, 5.74) is 0.986. The Balaban J connectivity index is 1.99. The quantitative estimate of drug-likeness (QED) is 0.818. The second kappa shape index (κ2) is 7.30. The molecule has 1 aromatic carbocycles. The Hall–Kier alpha value is -2.54. The van der Waals surface area contributed by atoms with Gasteiger partial charge < -0.3 is 9.30 Å². The van der Waals surface area contributed by atoms with Crippen molar-refractivity contribution < 1.29 is 4.74 Å². The van der Waals surface area contributed by atoms with E-state index in [4.69, 9.17) is 10.00 Å². The van der Waals surface area contributed by atoms with E-state index < -0.39 is 0 Å². The summed E-state index contributed by atoms with van der Waals surface area (Å²) in [6.45, 7) is 2.62. The van der Waals surface area contributed by atoms with Crippen LogP contribution in [0.1, 0.15) is 12.5 Å². The highest BCUT2D eigenvalue weighted by Crippen LogP contribution is 2.06. The van der Waals surface area contributed by atoms with Crippen molar-refractivity contribution in [3.63, 3.8) is 0 Å². The minimum atomic E-state index is -0.206. The van der Waals surface area contributed by atoms with Crippen molar-refractivity contribution in [1.82, 2.24) is 4.57 Å². The van der Waals surface area contributed by atoms with E-state index in [0.29, 0.717) is 18.9 Å². The zero-order valence-corrected chi connectivity index (χ0v) is 12.0. The van der Waals surface area contributed by atoms with Crippen LogP contribution in [0.3, 0.4) is 0 Å². The largest absolute Gasteiger partial charge is 0.488 e. The van der Waals surface area contributed by atoms with E-state index in [1.165, 1.54) is 10.1 Å². The molecule has 0 saturated carbocycles. The highest BCUT2D eigenvalue weighted by molar-refractivity contribution is 5.18. The Kier molecular flexibility index (Phi) is 5.16. The van der Waals surface area contributed by atoms with E-state index in [1.54, 1.807) is 25.3 Å². The summed E-state index contributed by atoms with van der Waals surface area (Å²) in [5, 5.41) is 8.83. The van der Waals surface area contributed by atoms with Crippen LogP contribution in [0.5, 0.6) is 5.75 Å². The van der Waals surface area contributed by atoms with Crippen molar-refractivity contribution in [2.75, 3.05) is 6.61 Å². The summed E-state index contributed by atoms with van der Waals surface area (Å²) >= 11 is 0. The number of hydrogen-bond donors (Lipinski definition) is 0. The smallest absolute Gasteiger partial charge is 0.292 e. The summed E-state index contributed by atoms with van der Waals surface area (Å²) < 4.78 is 7.10. The molecule has 0 amide bonds. The lowest BCUT2D eigenvalue weighted by Crippen LogP contribution is -2.24. The van der Waals surface area contributed by atoms with Crippen LogP contribution in [0.15, 0.2) is 53.5 Å². The molecule has 2 rings (SSSR count). The molecule has 0 saturated heterocycles. The Bertz CT molecular complexity index is 671. The van der Waals surface area contributed by atoms with Gasteiger partial charge in [0.1, 0.15) is 0 Å². The molecule has 1 heterocycles. The lowest BCUT2D eigenvalue weighted by molar-refractivity contribution is 0.313. The number of ether oxygens (including phenoxy) is 1. The summed E-state index contributed by atoms with van der Waals surface area (Å²) in [7, 11) is 0. The first-order chi connectivity index (χ1) is 10.2. The van der Waals surface area contributed by atoms with Gasteiger partial charge in [0.25, 0.3) is 5.56 Å². The number of hydrogen-bond acceptors (Lipinski definition) is 3. The third-order valence-corrected chi connectivity index (χ3v) is 3.17. The fraction of sp³-hybridized carbons (Fsp3) is 0.294.